The molecule has 4 heteroatoms. The molecule has 1 aromatic carbocycles. The second-order valence-electron chi connectivity index (χ2n) is 4.39. The molecule has 0 saturated carbocycles. The van der Waals surface area contributed by atoms with Crippen molar-refractivity contribution in [2.24, 2.45) is 5.73 Å². The summed E-state index contributed by atoms with van der Waals surface area (Å²) in [6, 6.07) is 8.17. The summed E-state index contributed by atoms with van der Waals surface area (Å²) >= 11 is 0. The van der Waals surface area contributed by atoms with Crippen molar-refractivity contribution in [1.29, 1.82) is 0 Å². The molecule has 1 aromatic heterocycles. The lowest BCUT2D eigenvalue weighted by Crippen LogP contribution is -2.11. The van der Waals surface area contributed by atoms with Gasteiger partial charge in [-0.1, -0.05) is 24.3 Å². The van der Waals surface area contributed by atoms with E-state index in [1.807, 2.05) is 22.8 Å². The van der Waals surface area contributed by atoms with Crippen LogP contribution in [0.4, 0.5) is 0 Å². The van der Waals surface area contributed by atoms with Crippen LogP contribution in [-0.4, -0.2) is 17.6 Å². The Bertz CT molecular complexity index is 629. The van der Waals surface area contributed by atoms with Crippen molar-refractivity contribution in [2.45, 2.75) is 13.0 Å². The minimum Gasteiger partial charge on any atom is -0.494 e. The number of hydrogen-bond acceptors (Lipinski definition) is 2. The first-order chi connectivity index (χ1) is 8.72. The van der Waals surface area contributed by atoms with Crippen LogP contribution in [-0.2, 0) is 13.0 Å². The predicted octanol–water partition coefficient (Wildman–Crippen LogP) is 1.82. The van der Waals surface area contributed by atoms with Gasteiger partial charge in [-0.25, -0.2) is 0 Å². The Kier molecular flexibility index (Phi) is 2.37. The molecule has 2 heterocycles. The molecule has 0 bridgehead atoms. The van der Waals surface area contributed by atoms with Crippen LogP contribution in [0.3, 0.4) is 0 Å². The van der Waals surface area contributed by atoms with E-state index in [0.717, 1.165) is 24.2 Å². The molecule has 1 aliphatic heterocycles. The molecule has 0 saturated heterocycles. The lowest BCUT2D eigenvalue weighted by molar-refractivity contribution is 0.0997. The molecule has 0 atom stereocenters. The SMILES string of the molecule is COc1c(C(N)=O)cn2c1-c1ccccc1CC2. The van der Waals surface area contributed by atoms with Gasteiger partial charge in [-0.05, 0) is 12.0 Å². The van der Waals surface area contributed by atoms with Crippen molar-refractivity contribution in [3.05, 3.63) is 41.6 Å². The fraction of sp³-hybridized carbons (Fsp3) is 0.214. The fourth-order valence-electron chi connectivity index (χ4n) is 2.58. The monoisotopic (exact) mass is 242 g/mol. The molecule has 1 amide bonds. The van der Waals surface area contributed by atoms with E-state index in [4.69, 9.17) is 10.5 Å². The number of carbonyl (C=O) groups is 1. The summed E-state index contributed by atoms with van der Waals surface area (Å²) < 4.78 is 7.42. The van der Waals surface area contributed by atoms with E-state index in [1.165, 1.54) is 5.56 Å². The first kappa shape index (κ1) is 10.9. The number of ether oxygens (including phenoxy) is 1. The molecule has 1 aliphatic rings. The number of nitrogens with zero attached hydrogens (tertiary/aromatic N) is 1. The summed E-state index contributed by atoms with van der Waals surface area (Å²) in [6.45, 7) is 0.843. The molecule has 92 valence electrons. The third-order valence-corrected chi connectivity index (χ3v) is 3.40. The highest BCUT2D eigenvalue weighted by atomic mass is 16.5. The van der Waals surface area contributed by atoms with Crippen LogP contribution in [0.15, 0.2) is 30.5 Å². The Morgan fingerprint density at radius 3 is 2.89 bits per heavy atom. The number of hydrogen-bond donors (Lipinski definition) is 1. The van der Waals surface area contributed by atoms with E-state index < -0.39 is 5.91 Å². The molecule has 2 aromatic rings. The van der Waals surface area contributed by atoms with Gasteiger partial charge in [0.2, 0.25) is 0 Å². The third kappa shape index (κ3) is 1.42. The van der Waals surface area contributed by atoms with E-state index >= 15 is 0 Å². The fourth-order valence-corrected chi connectivity index (χ4v) is 2.58. The maximum Gasteiger partial charge on any atom is 0.254 e. The van der Waals surface area contributed by atoms with Crippen LogP contribution in [0.25, 0.3) is 11.3 Å². The highest BCUT2D eigenvalue weighted by Crippen LogP contribution is 2.39. The van der Waals surface area contributed by atoms with Crippen LogP contribution >= 0.6 is 0 Å². The van der Waals surface area contributed by atoms with Gasteiger partial charge in [-0.2, -0.15) is 0 Å². The van der Waals surface area contributed by atoms with Crippen LogP contribution in [0.1, 0.15) is 15.9 Å². The number of fused-ring (bicyclic) bond motifs is 3. The van der Waals surface area contributed by atoms with Gasteiger partial charge in [0.05, 0.1) is 18.4 Å². The average molecular weight is 242 g/mol. The Balaban J connectivity index is 2.29. The average Bonchev–Trinajstić information content (AvgIpc) is 2.77. The van der Waals surface area contributed by atoms with Crippen LogP contribution < -0.4 is 10.5 Å². The summed E-state index contributed by atoms with van der Waals surface area (Å²) in [6.07, 6.45) is 2.74. The molecule has 3 rings (SSSR count). The molecule has 2 N–H and O–H groups in total. The molecule has 0 aliphatic carbocycles. The van der Waals surface area contributed by atoms with Crippen molar-refractivity contribution in [3.8, 4) is 17.0 Å². The van der Waals surface area contributed by atoms with Crippen molar-refractivity contribution in [1.82, 2.24) is 4.57 Å². The smallest absolute Gasteiger partial charge is 0.254 e. The third-order valence-electron chi connectivity index (χ3n) is 3.40. The van der Waals surface area contributed by atoms with E-state index in [9.17, 15) is 4.79 Å². The van der Waals surface area contributed by atoms with Crippen LogP contribution in [0, 0.1) is 0 Å². The number of amides is 1. The van der Waals surface area contributed by atoms with Gasteiger partial charge in [0, 0.05) is 18.3 Å². The molecule has 0 fully saturated rings. The second kappa shape index (κ2) is 3.91. The highest BCUT2D eigenvalue weighted by molar-refractivity contribution is 5.98. The predicted molar refractivity (Wildman–Crippen MR) is 68.6 cm³/mol. The number of rotatable bonds is 2. The van der Waals surface area contributed by atoms with Crippen molar-refractivity contribution in [2.75, 3.05) is 7.11 Å². The molecular formula is C14H14N2O2. The lowest BCUT2D eigenvalue weighted by atomic mass is 9.98. The lowest BCUT2D eigenvalue weighted by Gasteiger charge is -2.19. The van der Waals surface area contributed by atoms with E-state index in [-0.39, 0.29) is 0 Å². The maximum absolute atomic E-state index is 11.4. The summed E-state index contributed by atoms with van der Waals surface area (Å²) in [5.74, 6) is 0.126. The number of aryl methyl sites for hydroxylation is 2. The normalized spacial score (nSPS) is 12.7. The van der Waals surface area contributed by atoms with Crippen molar-refractivity contribution in [3.63, 3.8) is 0 Å². The van der Waals surface area contributed by atoms with Gasteiger partial charge >= 0.3 is 0 Å². The number of methoxy groups -OCH3 is 1. The van der Waals surface area contributed by atoms with Gasteiger partial charge in [0.1, 0.15) is 0 Å². The Labute approximate surface area is 105 Å². The van der Waals surface area contributed by atoms with Crippen LogP contribution in [0.2, 0.25) is 0 Å². The Hall–Kier alpha value is -2.23. The second-order valence-corrected chi connectivity index (χ2v) is 4.39. The molecular weight excluding hydrogens is 228 g/mol. The van der Waals surface area contributed by atoms with E-state index in [1.54, 1.807) is 13.3 Å². The summed E-state index contributed by atoms with van der Waals surface area (Å²) in [5, 5.41) is 0. The minimum absolute atomic E-state index is 0.448. The zero-order chi connectivity index (χ0) is 12.7. The zero-order valence-corrected chi connectivity index (χ0v) is 10.1. The number of primary amides is 1. The number of nitrogens with two attached hydrogens (primary N) is 1. The van der Waals surface area contributed by atoms with Gasteiger partial charge in [0.25, 0.3) is 5.91 Å². The standard InChI is InChI=1S/C14H14N2O2/c1-18-13-11(14(15)17)8-16-7-6-9-4-2-3-5-10(9)12(13)16/h2-5,8H,6-7H2,1H3,(H2,15,17). The van der Waals surface area contributed by atoms with Gasteiger partial charge < -0.3 is 15.0 Å². The molecule has 18 heavy (non-hydrogen) atoms. The minimum atomic E-state index is -0.453. The Morgan fingerprint density at radius 2 is 2.17 bits per heavy atom. The topological polar surface area (TPSA) is 57.2 Å². The quantitative estimate of drug-likeness (QED) is 0.873. The van der Waals surface area contributed by atoms with Crippen molar-refractivity contribution < 1.29 is 9.53 Å². The van der Waals surface area contributed by atoms with Gasteiger partial charge in [-0.3, -0.25) is 4.79 Å². The molecule has 0 spiro atoms. The summed E-state index contributed by atoms with van der Waals surface area (Å²) in [4.78, 5) is 11.4. The maximum atomic E-state index is 11.4. The number of aromatic nitrogens is 1. The first-order valence-corrected chi connectivity index (χ1v) is 5.87. The zero-order valence-electron chi connectivity index (χ0n) is 10.1. The molecule has 0 unspecified atom stereocenters. The largest absolute Gasteiger partial charge is 0.494 e. The van der Waals surface area contributed by atoms with Gasteiger partial charge in [-0.15, -0.1) is 0 Å². The summed E-state index contributed by atoms with van der Waals surface area (Å²) in [7, 11) is 1.57. The Morgan fingerprint density at radius 1 is 1.39 bits per heavy atom. The first-order valence-electron chi connectivity index (χ1n) is 5.87. The van der Waals surface area contributed by atoms with Crippen molar-refractivity contribution >= 4 is 5.91 Å². The number of benzene rings is 1. The molecule has 4 nitrogen and oxygen atoms in total. The van der Waals surface area contributed by atoms with Crippen LogP contribution in [0.5, 0.6) is 5.75 Å². The highest BCUT2D eigenvalue weighted by Gasteiger charge is 2.25. The summed E-state index contributed by atoms with van der Waals surface area (Å²) in [5.41, 5.74) is 9.18. The molecule has 0 radical (unpaired) electrons. The number of carbonyl (C=O) groups excluding carboxylic acids is 1. The van der Waals surface area contributed by atoms with E-state index in [0.29, 0.717) is 11.3 Å². The van der Waals surface area contributed by atoms with Gasteiger partial charge in [0.15, 0.2) is 5.75 Å². The van der Waals surface area contributed by atoms with E-state index in [2.05, 4.69) is 6.07 Å².